The van der Waals surface area contributed by atoms with Gasteiger partial charge in [0, 0.05) is 24.7 Å². The van der Waals surface area contributed by atoms with E-state index in [0.717, 1.165) is 4.90 Å². The monoisotopic (exact) mass is 479 g/mol. The lowest BCUT2D eigenvalue weighted by Crippen LogP contribution is -2.49. The van der Waals surface area contributed by atoms with Crippen molar-refractivity contribution in [2.24, 2.45) is 0 Å². The molecule has 2 aromatic rings. The topological polar surface area (TPSA) is 122 Å². The maximum absolute atomic E-state index is 12.7. The Morgan fingerprint density at radius 1 is 0.943 bits per heavy atom. The summed E-state index contributed by atoms with van der Waals surface area (Å²) < 4.78 is 9.68. The van der Waals surface area contributed by atoms with E-state index >= 15 is 0 Å². The minimum atomic E-state index is -0.811. The molecule has 4 amide bonds. The van der Waals surface area contributed by atoms with Crippen LogP contribution < -0.4 is 10.1 Å². The van der Waals surface area contributed by atoms with Crippen LogP contribution >= 0.6 is 0 Å². The summed E-state index contributed by atoms with van der Waals surface area (Å²) in [5, 5.41) is 2.95. The third-order valence-corrected chi connectivity index (χ3v) is 5.93. The van der Waals surface area contributed by atoms with E-state index in [2.05, 4.69) is 5.32 Å². The first-order chi connectivity index (χ1) is 16.9. The molecule has 1 saturated heterocycles. The first-order valence-electron chi connectivity index (χ1n) is 11.4. The summed E-state index contributed by atoms with van der Waals surface area (Å²) in [6, 6.07) is 12.5. The molecule has 2 aromatic carbocycles. The predicted molar refractivity (Wildman–Crippen MR) is 123 cm³/mol. The molecule has 2 heterocycles. The van der Waals surface area contributed by atoms with Crippen LogP contribution in [-0.2, 0) is 9.53 Å². The molecule has 0 radical (unpaired) electrons. The highest BCUT2D eigenvalue weighted by Crippen LogP contribution is 2.23. The van der Waals surface area contributed by atoms with E-state index in [9.17, 15) is 24.0 Å². The minimum absolute atomic E-state index is 0.124. The molecule has 0 atom stereocenters. The Bertz CT molecular complexity index is 1120. The van der Waals surface area contributed by atoms with E-state index in [1.807, 2.05) is 0 Å². The fourth-order valence-electron chi connectivity index (χ4n) is 4.08. The van der Waals surface area contributed by atoms with Crippen molar-refractivity contribution in [3.05, 3.63) is 65.2 Å². The second kappa shape index (κ2) is 10.4. The van der Waals surface area contributed by atoms with Gasteiger partial charge in [0.05, 0.1) is 17.7 Å². The van der Waals surface area contributed by atoms with Crippen molar-refractivity contribution in [2.45, 2.75) is 25.8 Å². The lowest BCUT2D eigenvalue weighted by atomic mass is 10.0. The van der Waals surface area contributed by atoms with Crippen LogP contribution in [0.4, 0.5) is 4.79 Å². The molecule has 0 spiro atoms. The van der Waals surface area contributed by atoms with Gasteiger partial charge < -0.3 is 19.7 Å². The normalized spacial score (nSPS) is 15.6. The Labute approximate surface area is 201 Å². The lowest BCUT2D eigenvalue weighted by molar-refractivity contribution is -0.132. The third kappa shape index (κ3) is 5.32. The fourth-order valence-corrected chi connectivity index (χ4v) is 4.08. The molecule has 4 rings (SSSR count). The standard InChI is InChI=1S/C25H25N3O7/c1-2-34-25(33)35-18-9-7-16(8-10-18)22(30)26-17-11-13-27(14-12-17)21(29)15-28-23(31)19-5-3-4-6-20(19)24(28)32/h3-10,17H,2,11-15H2,1H3,(H,26,30). The van der Waals surface area contributed by atoms with Crippen molar-refractivity contribution < 1.29 is 33.4 Å². The zero-order valence-corrected chi connectivity index (χ0v) is 19.2. The average Bonchev–Trinajstić information content (AvgIpc) is 3.10. The summed E-state index contributed by atoms with van der Waals surface area (Å²) in [7, 11) is 0. The number of benzene rings is 2. The van der Waals surface area contributed by atoms with E-state index in [1.165, 1.54) is 12.1 Å². The number of amides is 4. The van der Waals surface area contributed by atoms with Crippen LogP contribution in [0.25, 0.3) is 0 Å². The number of hydrogen-bond acceptors (Lipinski definition) is 7. The maximum atomic E-state index is 12.7. The molecular weight excluding hydrogens is 454 g/mol. The second-order valence-corrected chi connectivity index (χ2v) is 8.18. The number of piperidine rings is 1. The van der Waals surface area contributed by atoms with Gasteiger partial charge in [0.15, 0.2) is 0 Å². The van der Waals surface area contributed by atoms with Gasteiger partial charge in [0.25, 0.3) is 17.7 Å². The molecule has 0 unspecified atom stereocenters. The zero-order valence-electron chi connectivity index (χ0n) is 19.2. The highest BCUT2D eigenvalue weighted by atomic mass is 16.7. The molecule has 0 bridgehead atoms. The van der Waals surface area contributed by atoms with Gasteiger partial charge in [-0.15, -0.1) is 0 Å². The number of nitrogens with one attached hydrogen (secondary N) is 1. The molecule has 0 aliphatic carbocycles. The Balaban J connectivity index is 1.25. The van der Waals surface area contributed by atoms with Crippen LogP contribution in [0.5, 0.6) is 5.75 Å². The van der Waals surface area contributed by atoms with Crippen molar-refractivity contribution in [3.63, 3.8) is 0 Å². The van der Waals surface area contributed by atoms with Crippen LogP contribution in [0.2, 0.25) is 0 Å². The van der Waals surface area contributed by atoms with Crippen molar-refractivity contribution in [1.29, 1.82) is 0 Å². The Morgan fingerprint density at radius 2 is 1.54 bits per heavy atom. The number of likely N-dealkylation sites (tertiary alicyclic amines) is 1. The van der Waals surface area contributed by atoms with Crippen LogP contribution in [0, 0.1) is 0 Å². The highest BCUT2D eigenvalue weighted by molar-refractivity contribution is 6.22. The summed E-state index contributed by atoms with van der Waals surface area (Å²) >= 11 is 0. The largest absolute Gasteiger partial charge is 0.513 e. The van der Waals surface area contributed by atoms with E-state index in [1.54, 1.807) is 48.2 Å². The van der Waals surface area contributed by atoms with Gasteiger partial charge in [0.1, 0.15) is 12.3 Å². The quantitative estimate of drug-likeness (QED) is 0.383. The highest BCUT2D eigenvalue weighted by Gasteiger charge is 2.37. The number of fused-ring (bicyclic) bond motifs is 1. The molecule has 2 aliphatic rings. The number of nitrogens with zero attached hydrogens (tertiary/aromatic N) is 2. The lowest BCUT2D eigenvalue weighted by Gasteiger charge is -2.33. The zero-order chi connectivity index (χ0) is 24.9. The first kappa shape index (κ1) is 23.9. The van der Waals surface area contributed by atoms with Crippen molar-refractivity contribution >= 4 is 29.8 Å². The number of carbonyl (C=O) groups is 5. The number of imide groups is 1. The molecule has 1 N–H and O–H groups in total. The summed E-state index contributed by atoms with van der Waals surface area (Å²) in [5.41, 5.74) is 1.03. The van der Waals surface area contributed by atoms with Gasteiger partial charge in [-0.1, -0.05) is 12.1 Å². The summed E-state index contributed by atoms with van der Waals surface area (Å²) in [5.74, 6) is -1.23. The smallest absolute Gasteiger partial charge is 0.434 e. The number of hydrogen-bond donors (Lipinski definition) is 1. The van der Waals surface area contributed by atoms with Crippen molar-refractivity contribution in [3.8, 4) is 5.75 Å². The molecule has 2 aliphatic heterocycles. The molecule has 0 aromatic heterocycles. The maximum Gasteiger partial charge on any atom is 0.513 e. The van der Waals surface area contributed by atoms with Gasteiger partial charge >= 0.3 is 6.16 Å². The Kier molecular flexibility index (Phi) is 7.09. The molecule has 1 fully saturated rings. The van der Waals surface area contributed by atoms with Crippen LogP contribution in [0.3, 0.4) is 0 Å². The number of ether oxygens (including phenoxy) is 2. The van der Waals surface area contributed by atoms with Gasteiger partial charge in [-0.3, -0.25) is 24.1 Å². The van der Waals surface area contributed by atoms with Crippen LogP contribution in [0.1, 0.15) is 50.8 Å². The molecule has 10 heteroatoms. The molecule has 0 saturated carbocycles. The average molecular weight is 479 g/mol. The summed E-state index contributed by atoms with van der Waals surface area (Å²) in [4.78, 5) is 64.2. The van der Waals surface area contributed by atoms with E-state index in [0.29, 0.717) is 42.6 Å². The molecule has 35 heavy (non-hydrogen) atoms. The van der Waals surface area contributed by atoms with Crippen molar-refractivity contribution in [1.82, 2.24) is 15.1 Å². The SMILES string of the molecule is CCOC(=O)Oc1ccc(C(=O)NC2CCN(C(=O)CN3C(=O)c4ccccc4C3=O)CC2)cc1. The van der Waals surface area contributed by atoms with Gasteiger partial charge in [-0.25, -0.2) is 4.79 Å². The number of carbonyl (C=O) groups excluding carboxylic acids is 5. The van der Waals surface area contributed by atoms with Gasteiger partial charge in [-0.05, 0) is 56.2 Å². The molecule has 182 valence electrons. The fraction of sp³-hybridized carbons (Fsp3) is 0.320. The van der Waals surface area contributed by atoms with Crippen LogP contribution in [-0.4, -0.2) is 71.9 Å². The second-order valence-electron chi connectivity index (χ2n) is 8.18. The summed E-state index contributed by atoms with van der Waals surface area (Å²) in [6.07, 6.45) is 0.279. The van der Waals surface area contributed by atoms with E-state index < -0.39 is 18.0 Å². The predicted octanol–water partition coefficient (Wildman–Crippen LogP) is 2.24. The van der Waals surface area contributed by atoms with E-state index in [-0.39, 0.29) is 36.8 Å². The van der Waals surface area contributed by atoms with Gasteiger partial charge in [-0.2, -0.15) is 0 Å². The summed E-state index contributed by atoms with van der Waals surface area (Å²) in [6.45, 7) is 2.37. The minimum Gasteiger partial charge on any atom is -0.434 e. The van der Waals surface area contributed by atoms with Crippen LogP contribution in [0.15, 0.2) is 48.5 Å². The Morgan fingerprint density at radius 3 is 2.11 bits per heavy atom. The molecule has 10 nitrogen and oxygen atoms in total. The Hall–Kier alpha value is -4.21. The molecular formula is C25H25N3O7. The number of rotatable bonds is 6. The third-order valence-electron chi connectivity index (χ3n) is 5.93. The van der Waals surface area contributed by atoms with Crippen molar-refractivity contribution in [2.75, 3.05) is 26.2 Å². The van der Waals surface area contributed by atoms with Gasteiger partial charge in [0.2, 0.25) is 5.91 Å². The first-order valence-corrected chi connectivity index (χ1v) is 11.4. The van der Waals surface area contributed by atoms with E-state index in [4.69, 9.17) is 9.47 Å².